The summed E-state index contributed by atoms with van der Waals surface area (Å²) in [5.74, 6) is -3.72. The number of nitrogens with two attached hydrogens (primary N) is 1. The smallest absolute Gasteiger partial charge is 0.356 e. The van der Waals surface area contributed by atoms with Crippen molar-refractivity contribution >= 4 is 11.8 Å². The Hall–Kier alpha value is -3.40. The van der Waals surface area contributed by atoms with Crippen LogP contribution < -0.4 is 5.73 Å². The van der Waals surface area contributed by atoms with Crippen LogP contribution in [0, 0.1) is 11.6 Å². The van der Waals surface area contributed by atoms with Crippen molar-refractivity contribution in [2.45, 2.75) is 19.3 Å². The highest BCUT2D eigenvalue weighted by Gasteiger charge is 2.23. The molecule has 0 saturated carbocycles. The lowest BCUT2D eigenvalue weighted by atomic mass is 10.0. The molecule has 0 fully saturated rings. The van der Waals surface area contributed by atoms with Gasteiger partial charge in [0.25, 0.3) is 0 Å². The summed E-state index contributed by atoms with van der Waals surface area (Å²) >= 11 is 0. The molecular weight excluding hydrogens is 372 g/mol. The van der Waals surface area contributed by atoms with Crippen molar-refractivity contribution in [1.82, 2.24) is 20.2 Å². The SMILES string of the molecule is NCCCc1[nH]c(-c2[nH]ncc2CC(=O)c2c(F)cccc2F)nc1C(=O)O. The number of hydrogen-bond acceptors (Lipinski definition) is 5. The number of benzene rings is 1. The van der Waals surface area contributed by atoms with Gasteiger partial charge in [-0.3, -0.25) is 9.89 Å². The molecule has 0 amide bonds. The molecule has 146 valence electrons. The number of H-pyrrole nitrogens is 2. The van der Waals surface area contributed by atoms with Crippen LogP contribution in [0.15, 0.2) is 24.4 Å². The minimum absolute atomic E-state index is 0.157. The maximum Gasteiger partial charge on any atom is 0.356 e. The van der Waals surface area contributed by atoms with Crippen LogP contribution in [0.5, 0.6) is 0 Å². The number of carboxylic acid groups (broad SMARTS) is 1. The highest BCUT2D eigenvalue weighted by atomic mass is 19.1. The monoisotopic (exact) mass is 389 g/mol. The van der Waals surface area contributed by atoms with Crippen LogP contribution in [0.25, 0.3) is 11.5 Å². The van der Waals surface area contributed by atoms with E-state index >= 15 is 0 Å². The van der Waals surface area contributed by atoms with E-state index in [1.807, 2.05) is 0 Å². The Morgan fingerprint density at radius 2 is 1.93 bits per heavy atom. The lowest BCUT2D eigenvalue weighted by Crippen LogP contribution is -2.09. The quantitative estimate of drug-likeness (QED) is 0.435. The van der Waals surface area contributed by atoms with E-state index in [2.05, 4.69) is 20.2 Å². The fourth-order valence-corrected chi connectivity index (χ4v) is 2.84. The standard InChI is InChI=1S/C18H17F2N5O3/c19-10-3-1-4-11(20)14(10)13(26)7-9-8-22-25-15(9)17-23-12(5-2-6-21)16(24-17)18(27)28/h1,3-4,8H,2,5-7,21H2,(H,22,25)(H,23,24)(H,27,28). The summed E-state index contributed by atoms with van der Waals surface area (Å²) in [7, 11) is 0. The molecular formula is C18H17F2N5O3. The summed E-state index contributed by atoms with van der Waals surface area (Å²) < 4.78 is 27.7. The number of aromatic amines is 2. The second kappa shape index (κ2) is 8.09. The number of imidazole rings is 1. The maximum atomic E-state index is 13.8. The topological polar surface area (TPSA) is 138 Å². The second-order valence-electron chi connectivity index (χ2n) is 6.08. The average Bonchev–Trinajstić information content (AvgIpc) is 3.26. The fraction of sp³-hybridized carbons (Fsp3) is 0.222. The first kappa shape index (κ1) is 19.4. The highest BCUT2D eigenvalue weighted by molar-refractivity contribution is 5.98. The molecule has 2 heterocycles. The molecule has 1 aromatic carbocycles. The molecule has 0 aliphatic rings. The van der Waals surface area contributed by atoms with Crippen molar-refractivity contribution in [1.29, 1.82) is 0 Å². The summed E-state index contributed by atoms with van der Waals surface area (Å²) in [4.78, 5) is 30.8. The van der Waals surface area contributed by atoms with E-state index in [4.69, 9.17) is 5.73 Å². The van der Waals surface area contributed by atoms with Gasteiger partial charge in [-0.1, -0.05) is 6.07 Å². The number of nitrogens with one attached hydrogen (secondary N) is 2. The number of halogens is 2. The number of carboxylic acids is 1. The van der Waals surface area contributed by atoms with Gasteiger partial charge in [0.05, 0.1) is 17.5 Å². The Morgan fingerprint density at radius 3 is 2.57 bits per heavy atom. The molecule has 0 radical (unpaired) electrons. The third-order valence-electron chi connectivity index (χ3n) is 4.16. The molecule has 2 aromatic heterocycles. The third-order valence-corrected chi connectivity index (χ3v) is 4.16. The molecule has 0 aliphatic heterocycles. The van der Waals surface area contributed by atoms with Crippen LogP contribution in [0.3, 0.4) is 0 Å². The Bertz CT molecular complexity index is 1010. The van der Waals surface area contributed by atoms with Gasteiger partial charge in [-0.25, -0.2) is 18.6 Å². The molecule has 3 rings (SSSR count). The Balaban J connectivity index is 1.92. The lowest BCUT2D eigenvalue weighted by molar-refractivity contribution is 0.0689. The van der Waals surface area contributed by atoms with E-state index in [1.165, 1.54) is 12.3 Å². The number of nitrogens with zero attached hydrogens (tertiary/aromatic N) is 2. The highest BCUT2D eigenvalue weighted by Crippen LogP contribution is 2.23. The van der Waals surface area contributed by atoms with Crippen LogP contribution >= 0.6 is 0 Å². The van der Waals surface area contributed by atoms with Gasteiger partial charge in [0.15, 0.2) is 17.3 Å². The van der Waals surface area contributed by atoms with Crippen LogP contribution in [0.2, 0.25) is 0 Å². The van der Waals surface area contributed by atoms with E-state index < -0.39 is 29.0 Å². The van der Waals surface area contributed by atoms with Gasteiger partial charge in [-0.2, -0.15) is 5.10 Å². The van der Waals surface area contributed by atoms with Gasteiger partial charge >= 0.3 is 5.97 Å². The minimum Gasteiger partial charge on any atom is -0.476 e. The van der Waals surface area contributed by atoms with Crippen molar-refractivity contribution in [3.8, 4) is 11.5 Å². The zero-order valence-electron chi connectivity index (χ0n) is 14.6. The number of Topliss-reactive ketones (excluding diaryl/α,β-unsaturated/α-hetero) is 1. The Labute approximate surface area is 157 Å². The summed E-state index contributed by atoms with van der Waals surface area (Å²) in [5, 5.41) is 15.8. The van der Waals surface area contributed by atoms with Crippen molar-refractivity contribution < 1.29 is 23.5 Å². The second-order valence-corrected chi connectivity index (χ2v) is 6.08. The third kappa shape index (κ3) is 3.81. The summed E-state index contributed by atoms with van der Waals surface area (Å²) in [6.45, 7) is 0.380. The Kier molecular flexibility index (Phi) is 5.59. The van der Waals surface area contributed by atoms with Gasteiger partial charge in [0.2, 0.25) is 0 Å². The van der Waals surface area contributed by atoms with Crippen LogP contribution in [-0.2, 0) is 12.8 Å². The van der Waals surface area contributed by atoms with Crippen molar-refractivity contribution in [2.24, 2.45) is 5.73 Å². The molecule has 0 bridgehead atoms. The van der Waals surface area contributed by atoms with E-state index in [1.54, 1.807) is 0 Å². The van der Waals surface area contributed by atoms with E-state index in [0.717, 1.165) is 12.1 Å². The first-order chi connectivity index (χ1) is 13.4. The molecule has 5 N–H and O–H groups in total. The predicted molar refractivity (Wildman–Crippen MR) is 94.9 cm³/mol. The zero-order valence-corrected chi connectivity index (χ0v) is 14.6. The number of aromatic nitrogens is 4. The number of hydrogen-bond donors (Lipinski definition) is 4. The normalized spacial score (nSPS) is 11.0. The summed E-state index contributed by atoms with van der Waals surface area (Å²) in [6, 6.07) is 3.17. The first-order valence-corrected chi connectivity index (χ1v) is 8.44. The molecule has 0 unspecified atom stereocenters. The number of carbonyl (C=O) groups is 2. The molecule has 0 atom stereocenters. The Morgan fingerprint density at radius 1 is 1.21 bits per heavy atom. The summed E-state index contributed by atoms with van der Waals surface area (Å²) in [6.07, 6.45) is 1.93. The van der Waals surface area contributed by atoms with Crippen molar-refractivity contribution in [3.63, 3.8) is 0 Å². The number of aryl methyl sites for hydroxylation is 1. The predicted octanol–water partition coefficient (Wildman–Crippen LogP) is 2.09. The van der Waals surface area contributed by atoms with E-state index in [0.29, 0.717) is 30.6 Å². The molecule has 28 heavy (non-hydrogen) atoms. The number of carbonyl (C=O) groups excluding carboxylic acids is 1. The zero-order chi connectivity index (χ0) is 20.3. The van der Waals surface area contributed by atoms with Gasteiger partial charge in [-0.15, -0.1) is 0 Å². The summed E-state index contributed by atoms with van der Waals surface area (Å²) in [5.41, 5.74) is 5.66. The van der Waals surface area contributed by atoms with Crippen molar-refractivity contribution in [2.75, 3.05) is 6.54 Å². The molecule has 0 spiro atoms. The molecule has 10 heteroatoms. The molecule has 0 saturated heterocycles. The fourth-order valence-electron chi connectivity index (χ4n) is 2.84. The van der Waals surface area contributed by atoms with E-state index in [9.17, 15) is 23.5 Å². The number of ketones is 1. The van der Waals surface area contributed by atoms with Crippen LogP contribution in [0.1, 0.15) is 38.5 Å². The van der Waals surface area contributed by atoms with Crippen LogP contribution in [-0.4, -0.2) is 43.6 Å². The largest absolute Gasteiger partial charge is 0.476 e. The first-order valence-electron chi connectivity index (χ1n) is 8.44. The van der Waals surface area contributed by atoms with E-state index in [-0.39, 0.29) is 23.6 Å². The minimum atomic E-state index is -1.21. The molecule has 8 nitrogen and oxygen atoms in total. The molecule has 0 aliphatic carbocycles. The maximum absolute atomic E-state index is 13.8. The van der Waals surface area contributed by atoms with Gasteiger partial charge in [-0.05, 0) is 31.5 Å². The lowest BCUT2D eigenvalue weighted by Gasteiger charge is -2.04. The number of aromatic carboxylic acids is 1. The number of rotatable bonds is 8. The van der Waals surface area contributed by atoms with Gasteiger partial charge in [0, 0.05) is 12.0 Å². The van der Waals surface area contributed by atoms with Crippen LogP contribution in [0.4, 0.5) is 8.78 Å². The average molecular weight is 389 g/mol. The molecule has 3 aromatic rings. The van der Waals surface area contributed by atoms with Gasteiger partial charge in [0.1, 0.15) is 17.3 Å². The van der Waals surface area contributed by atoms with Crippen molar-refractivity contribution in [3.05, 3.63) is 58.5 Å². The van der Waals surface area contributed by atoms with Gasteiger partial charge < -0.3 is 15.8 Å².